The van der Waals surface area contributed by atoms with Crippen molar-refractivity contribution in [1.29, 1.82) is 0 Å². The molecule has 35 heavy (non-hydrogen) atoms. The number of fused-ring (bicyclic) bond motifs is 2. The Labute approximate surface area is 202 Å². The summed E-state index contributed by atoms with van der Waals surface area (Å²) in [6.45, 7) is -0.0247. The van der Waals surface area contributed by atoms with Gasteiger partial charge >= 0.3 is 0 Å². The van der Waals surface area contributed by atoms with E-state index in [4.69, 9.17) is 18.9 Å². The second kappa shape index (κ2) is 11.7. The second-order valence-electron chi connectivity index (χ2n) is 8.18. The van der Waals surface area contributed by atoms with E-state index < -0.39 is 12.2 Å². The van der Waals surface area contributed by atoms with Crippen LogP contribution in [-0.4, -0.2) is 65.9 Å². The van der Waals surface area contributed by atoms with Gasteiger partial charge in [0.2, 0.25) is 0 Å². The largest absolute Gasteiger partial charge is 0.508 e. The maximum absolute atomic E-state index is 10.0. The molecule has 4 rings (SSSR count). The van der Waals surface area contributed by atoms with Crippen molar-refractivity contribution in [2.75, 3.05) is 33.2 Å². The molecule has 8 heteroatoms. The van der Waals surface area contributed by atoms with Crippen molar-refractivity contribution in [3.8, 4) is 23.0 Å². The second-order valence-corrected chi connectivity index (χ2v) is 8.18. The summed E-state index contributed by atoms with van der Waals surface area (Å²) in [7, 11) is 0. The summed E-state index contributed by atoms with van der Waals surface area (Å²) in [5, 5.41) is 42.9. The number of aliphatic hydroxyl groups excluding tert-OH is 2. The van der Waals surface area contributed by atoms with E-state index in [1.807, 2.05) is 24.3 Å². The Balaban J connectivity index is 1.10. The Morgan fingerprint density at radius 1 is 0.514 bits per heavy atom. The zero-order valence-electron chi connectivity index (χ0n) is 19.0. The summed E-state index contributed by atoms with van der Waals surface area (Å²) < 4.78 is 21.8. The van der Waals surface area contributed by atoms with E-state index in [1.54, 1.807) is 48.5 Å². The topological polar surface area (TPSA) is 118 Å². The van der Waals surface area contributed by atoms with E-state index in [1.165, 1.54) is 0 Å². The van der Waals surface area contributed by atoms with Crippen LogP contribution in [0.5, 0.6) is 23.0 Å². The minimum atomic E-state index is -0.862. The summed E-state index contributed by atoms with van der Waals surface area (Å²) >= 11 is 0. The number of aromatic hydroxyl groups is 2. The number of benzene rings is 4. The van der Waals surface area contributed by atoms with Gasteiger partial charge in [-0.3, -0.25) is 0 Å². The molecule has 0 radical (unpaired) electrons. The fraction of sp³-hybridized carbons (Fsp3) is 0.259. The van der Waals surface area contributed by atoms with Gasteiger partial charge in [-0.1, -0.05) is 24.3 Å². The van der Waals surface area contributed by atoms with E-state index >= 15 is 0 Å². The van der Waals surface area contributed by atoms with Gasteiger partial charge < -0.3 is 39.4 Å². The number of phenolic OH excluding ortho intramolecular Hbond substituents is 2. The predicted molar refractivity (Wildman–Crippen MR) is 131 cm³/mol. The van der Waals surface area contributed by atoms with E-state index in [0.29, 0.717) is 11.5 Å². The van der Waals surface area contributed by atoms with Gasteiger partial charge in [0.05, 0.1) is 13.2 Å². The average Bonchev–Trinajstić information content (AvgIpc) is 2.85. The molecule has 0 aliphatic carbocycles. The fourth-order valence-electron chi connectivity index (χ4n) is 3.51. The molecule has 0 aliphatic heterocycles. The molecule has 2 unspecified atom stereocenters. The van der Waals surface area contributed by atoms with Gasteiger partial charge in [-0.15, -0.1) is 0 Å². The third-order valence-electron chi connectivity index (χ3n) is 5.26. The molecule has 4 N–H and O–H groups in total. The lowest BCUT2D eigenvalue weighted by Crippen LogP contribution is -2.26. The van der Waals surface area contributed by atoms with Crippen LogP contribution < -0.4 is 9.47 Å². The Morgan fingerprint density at radius 2 is 0.943 bits per heavy atom. The predicted octanol–water partition coefficient (Wildman–Crippen LogP) is 3.57. The Kier molecular flexibility index (Phi) is 8.23. The molecule has 4 aromatic rings. The number of hydrogen-bond donors (Lipinski definition) is 4. The van der Waals surface area contributed by atoms with Crippen LogP contribution in [0, 0.1) is 0 Å². The standard InChI is InChI=1S/C27H28O8/c28-22-5-1-18-3-7-26(11-20(18)9-22)34-15-24(30)13-32-17-33-14-25(31)16-35-27-8-4-19-2-6-23(29)10-21(19)12-27/h1-12,24-25,28-31H,13-17H2. The molecule has 0 aliphatic rings. The van der Waals surface area contributed by atoms with Crippen LogP contribution in [0.4, 0.5) is 0 Å². The zero-order valence-corrected chi connectivity index (χ0v) is 19.0. The number of aliphatic hydroxyl groups is 2. The molecule has 0 amide bonds. The average molecular weight is 481 g/mol. The smallest absolute Gasteiger partial charge is 0.146 e. The summed E-state index contributed by atoms with van der Waals surface area (Å²) in [4.78, 5) is 0. The first-order valence-electron chi connectivity index (χ1n) is 11.2. The number of rotatable bonds is 12. The molecular formula is C27H28O8. The Hall–Kier alpha value is -3.56. The third kappa shape index (κ3) is 7.21. The Morgan fingerprint density at radius 3 is 1.40 bits per heavy atom. The number of hydrogen-bond acceptors (Lipinski definition) is 8. The van der Waals surface area contributed by atoms with Crippen molar-refractivity contribution in [3.05, 3.63) is 72.8 Å². The normalized spacial score (nSPS) is 13.1. The minimum absolute atomic E-state index is 0.00486. The van der Waals surface area contributed by atoms with Gasteiger partial charge in [0, 0.05) is 0 Å². The summed E-state index contributed by atoms with van der Waals surface area (Å²) in [6.07, 6.45) is -1.72. The van der Waals surface area contributed by atoms with Crippen molar-refractivity contribution in [1.82, 2.24) is 0 Å². The van der Waals surface area contributed by atoms with E-state index in [9.17, 15) is 20.4 Å². The van der Waals surface area contributed by atoms with Gasteiger partial charge in [0.25, 0.3) is 0 Å². The van der Waals surface area contributed by atoms with E-state index in [2.05, 4.69) is 0 Å². The minimum Gasteiger partial charge on any atom is -0.508 e. The molecule has 0 saturated carbocycles. The number of phenols is 2. The SMILES string of the molecule is Oc1ccc2ccc(OCC(O)COCOCC(O)COc3ccc4ccc(O)cc4c3)cc2c1. The van der Waals surface area contributed by atoms with Crippen molar-refractivity contribution < 1.29 is 39.4 Å². The van der Waals surface area contributed by atoms with E-state index in [0.717, 1.165) is 21.5 Å². The first kappa shape index (κ1) is 24.6. The highest BCUT2D eigenvalue weighted by Gasteiger charge is 2.09. The summed E-state index contributed by atoms with van der Waals surface area (Å²) in [6, 6.07) is 21.1. The van der Waals surface area contributed by atoms with Crippen LogP contribution in [0.25, 0.3) is 21.5 Å². The highest BCUT2D eigenvalue weighted by molar-refractivity contribution is 5.85. The van der Waals surface area contributed by atoms with Crippen LogP contribution in [0.15, 0.2) is 72.8 Å². The molecule has 184 valence electrons. The summed E-state index contributed by atoms with van der Waals surface area (Å²) in [5.41, 5.74) is 0. The zero-order chi connectivity index (χ0) is 24.6. The van der Waals surface area contributed by atoms with Crippen LogP contribution in [0.1, 0.15) is 0 Å². The lowest BCUT2D eigenvalue weighted by molar-refractivity contribution is -0.104. The lowest BCUT2D eigenvalue weighted by atomic mass is 10.1. The third-order valence-corrected chi connectivity index (χ3v) is 5.26. The van der Waals surface area contributed by atoms with Crippen LogP contribution in [0.3, 0.4) is 0 Å². The quantitative estimate of drug-likeness (QED) is 0.180. The summed E-state index contributed by atoms with van der Waals surface area (Å²) in [5.74, 6) is 1.50. The van der Waals surface area contributed by atoms with Gasteiger partial charge in [-0.2, -0.15) is 0 Å². The maximum Gasteiger partial charge on any atom is 0.146 e. The van der Waals surface area contributed by atoms with Crippen molar-refractivity contribution >= 4 is 21.5 Å². The molecule has 0 saturated heterocycles. The highest BCUT2D eigenvalue weighted by Crippen LogP contribution is 2.25. The van der Waals surface area contributed by atoms with Gasteiger partial charge in [0.15, 0.2) is 0 Å². The fourth-order valence-corrected chi connectivity index (χ4v) is 3.51. The van der Waals surface area contributed by atoms with Gasteiger partial charge in [0.1, 0.15) is 55.2 Å². The van der Waals surface area contributed by atoms with Crippen molar-refractivity contribution in [3.63, 3.8) is 0 Å². The maximum atomic E-state index is 10.0. The first-order valence-corrected chi connectivity index (χ1v) is 11.2. The first-order chi connectivity index (χ1) is 17.0. The number of ether oxygens (including phenoxy) is 4. The molecule has 0 heterocycles. The molecular weight excluding hydrogens is 452 g/mol. The van der Waals surface area contributed by atoms with Crippen molar-refractivity contribution in [2.24, 2.45) is 0 Å². The molecule has 0 aromatic heterocycles. The molecule has 0 fully saturated rings. The van der Waals surface area contributed by atoms with Gasteiger partial charge in [-0.05, 0) is 70.1 Å². The monoisotopic (exact) mass is 480 g/mol. The molecule has 0 spiro atoms. The van der Waals surface area contributed by atoms with Crippen molar-refractivity contribution in [2.45, 2.75) is 12.2 Å². The van der Waals surface area contributed by atoms with Gasteiger partial charge in [-0.25, -0.2) is 0 Å². The van der Waals surface area contributed by atoms with E-state index in [-0.39, 0.29) is 44.7 Å². The highest BCUT2D eigenvalue weighted by atomic mass is 16.7. The molecule has 8 nitrogen and oxygen atoms in total. The van der Waals surface area contributed by atoms with Crippen LogP contribution in [0.2, 0.25) is 0 Å². The Bertz CT molecular complexity index is 1160. The van der Waals surface area contributed by atoms with Crippen LogP contribution >= 0.6 is 0 Å². The van der Waals surface area contributed by atoms with Crippen LogP contribution in [-0.2, 0) is 9.47 Å². The lowest BCUT2D eigenvalue weighted by Gasteiger charge is -2.15. The molecule has 4 aromatic carbocycles. The molecule has 2 atom stereocenters. The molecule has 0 bridgehead atoms.